The summed E-state index contributed by atoms with van der Waals surface area (Å²) in [6, 6.07) is 1.99. The molecule has 1 heterocycles. The van der Waals surface area contributed by atoms with Gasteiger partial charge in [-0.3, -0.25) is 0 Å². The Morgan fingerprint density at radius 2 is 1.79 bits per heavy atom. The fourth-order valence-corrected chi connectivity index (χ4v) is 1.58. The first kappa shape index (κ1) is 8.99. The summed E-state index contributed by atoms with van der Waals surface area (Å²) in [5.74, 6) is -1.25. The first-order chi connectivity index (χ1) is 6.68. The van der Waals surface area contributed by atoms with Crippen LogP contribution >= 0.6 is 0 Å². The van der Waals surface area contributed by atoms with E-state index in [1.165, 1.54) is 0 Å². The third-order valence-corrected chi connectivity index (χ3v) is 2.19. The van der Waals surface area contributed by atoms with Gasteiger partial charge in [-0.25, -0.2) is 8.78 Å². The van der Waals surface area contributed by atoms with E-state index in [9.17, 15) is 8.78 Å². The maximum Gasteiger partial charge on any atom is 0.151 e. The second-order valence-electron chi connectivity index (χ2n) is 3.20. The van der Waals surface area contributed by atoms with Gasteiger partial charge in [-0.15, -0.1) is 0 Å². The monoisotopic (exact) mass is 196 g/mol. The average molecular weight is 196 g/mol. The van der Waals surface area contributed by atoms with Crippen molar-refractivity contribution in [2.45, 2.75) is 0 Å². The minimum atomic E-state index is -0.643. The number of nitrogens with zero attached hydrogens (tertiary/aromatic N) is 1. The molecule has 1 aliphatic heterocycles. The summed E-state index contributed by atoms with van der Waals surface area (Å²) in [4.78, 5) is 1.75. The molecule has 74 valence electrons. The van der Waals surface area contributed by atoms with Crippen LogP contribution in [0.25, 0.3) is 0 Å². The molecule has 0 radical (unpaired) electrons. The van der Waals surface area contributed by atoms with Gasteiger partial charge in [-0.05, 0) is 6.07 Å². The van der Waals surface area contributed by atoms with Crippen molar-refractivity contribution in [1.82, 2.24) is 0 Å². The number of nitrogen functional groups attached to an aromatic ring is 1. The van der Waals surface area contributed by atoms with Gasteiger partial charge in [-0.2, -0.15) is 0 Å². The molecule has 2 nitrogen and oxygen atoms in total. The van der Waals surface area contributed by atoms with Crippen LogP contribution in [-0.4, -0.2) is 13.1 Å². The SMILES string of the molecule is Nc1cc(F)cc(F)c1N1CC=CC1. The highest BCUT2D eigenvalue weighted by atomic mass is 19.1. The van der Waals surface area contributed by atoms with Gasteiger partial charge in [0.2, 0.25) is 0 Å². The van der Waals surface area contributed by atoms with Crippen molar-refractivity contribution < 1.29 is 8.78 Å². The van der Waals surface area contributed by atoms with Crippen LogP contribution in [0.3, 0.4) is 0 Å². The standard InChI is InChI=1S/C10H10F2N2/c11-7-5-8(12)10(9(13)6-7)14-3-1-2-4-14/h1-2,5-6H,3-4,13H2. The zero-order valence-electron chi connectivity index (χ0n) is 7.50. The summed E-state index contributed by atoms with van der Waals surface area (Å²) < 4.78 is 26.1. The van der Waals surface area contributed by atoms with Crippen LogP contribution in [0.1, 0.15) is 0 Å². The normalized spacial score (nSPS) is 15.1. The number of nitrogens with two attached hydrogens (primary N) is 1. The van der Waals surface area contributed by atoms with Crippen LogP contribution in [0.5, 0.6) is 0 Å². The lowest BCUT2D eigenvalue weighted by atomic mass is 10.2. The number of benzene rings is 1. The van der Waals surface area contributed by atoms with Crippen LogP contribution in [0, 0.1) is 11.6 Å². The number of anilines is 2. The van der Waals surface area contributed by atoms with E-state index in [1.54, 1.807) is 4.90 Å². The summed E-state index contributed by atoms with van der Waals surface area (Å²) in [7, 11) is 0. The lowest BCUT2D eigenvalue weighted by Crippen LogP contribution is -2.21. The first-order valence-corrected chi connectivity index (χ1v) is 4.33. The summed E-state index contributed by atoms with van der Waals surface area (Å²) in [5.41, 5.74) is 5.99. The minimum absolute atomic E-state index is 0.145. The maximum absolute atomic E-state index is 13.4. The van der Waals surface area contributed by atoms with E-state index in [0.717, 1.165) is 12.1 Å². The Morgan fingerprint density at radius 3 is 2.36 bits per heavy atom. The van der Waals surface area contributed by atoms with Gasteiger partial charge in [0.15, 0.2) is 5.82 Å². The molecule has 0 saturated carbocycles. The van der Waals surface area contributed by atoms with Crippen molar-refractivity contribution in [3.8, 4) is 0 Å². The van der Waals surface area contributed by atoms with Crippen molar-refractivity contribution in [1.29, 1.82) is 0 Å². The fraction of sp³-hybridized carbons (Fsp3) is 0.200. The second kappa shape index (κ2) is 3.29. The fourth-order valence-electron chi connectivity index (χ4n) is 1.58. The summed E-state index contributed by atoms with van der Waals surface area (Å²) in [5, 5.41) is 0. The van der Waals surface area contributed by atoms with Crippen LogP contribution in [-0.2, 0) is 0 Å². The quantitative estimate of drug-likeness (QED) is 0.549. The summed E-state index contributed by atoms with van der Waals surface area (Å²) >= 11 is 0. The Bertz CT molecular complexity index is 357. The highest BCUT2D eigenvalue weighted by Gasteiger charge is 2.16. The molecule has 0 aromatic heterocycles. The van der Waals surface area contributed by atoms with E-state index in [-0.39, 0.29) is 11.4 Å². The smallest absolute Gasteiger partial charge is 0.151 e. The Morgan fingerprint density at radius 1 is 1.14 bits per heavy atom. The zero-order valence-corrected chi connectivity index (χ0v) is 7.50. The predicted octanol–water partition coefficient (Wildman–Crippen LogP) is 1.92. The molecule has 0 fully saturated rings. The molecule has 1 aromatic carbocycles. The molecular weight excluding hydrogens is 186 g/mol. The van der Waals surface area contributed by atoms with Gasteiger partial charge in [-0.1, -0.05) is 12.2 Å². The summed E-state index contributed by atoms with van der Waals surface area (Å²) in [6.07, 6.45) is 3.84. The van der Waals surface area contributed by atoms with Crippen molar-refractivity contribution >= 4 is 11.4 Å². The Kier molecular flexibility index (Phi) is 2.11. The molecule has 2 rings (SSSR count). The number of hydrogen-bond donors (Lipinski definition) is 1. The minimum Gasteiger partial charge on any atom is -0.397 e. The molecule has 2 N–H and O–H groups in total. The van der Waals surface area contributed by atoms with Gasteiger partial charge in [0.05, 0.1) is 11.4 Å². The van der Waals surface area contributed by atoms with E-state index in [0.29, 0.717) is 13.1 Å². The molecule has 0 bridgehead atoms. The highest BCUT2D eigenvalue weighted by Crippen LogP contribution is 2.28. The molecule has 0 spiro atoms. The van der Waals surface area contributed by atoms with Gasteiger partial charge >= 0.3 is 0 Å². The van der Waals surface area contributed by atoms with Crippen LogP contribution in [0.2, 0.25) is 0 Å². The van der Waals surface area contributed by atoms with Crippen LogP contribution < -0.4 is 10.6 Å². The number of rotatable bonds is 1. The molecule has 0 saturated heterocycles. The molecule has 1 aromatic rings. The van der Waals surface area contributed by atoms with Gasteiger partial charge in [0.1, 0.15) is 5.82 Å². The molecule has 1 aliphatic rings. The van der Waals surface area contributed by atoms with E-state index in [2.05, 4.69) is 0 Å². The second-order valence-corrected chi connectivity index (χ2v) is 3.20. The Labute approximate surface area is 80.6 Å². The predicted molar refractivity (Wildman–Crippen MR) is 52.1 cm³/mol. The van der Waals surface area contributed by atoms with Crippen molar-refractivity contribution in [2.24, 2.45) is 0 Å². The molecule has 4 heteroatoms. The largest absolute Gasteiger partial charge is 0.397 e. The summed E-state index contributed by atoms with van der Waals surface area (Å²) in [6.45, 7) is 1.24. The van der Waals surface area contributed by atoms with E-state index in [4.69, 9.17) is 5.73 Å². The molecule has 0 atom stereocenters. The van der Waals surface area contributed by atoms with Crippen molar-refractivity contribution in [2.75, 3.05) is 23.7 Å². The third-order valence-electron chi connectivity index (χ3n) is 2.19. The van der Waals surface area contributed by atoms with Crippen molar-refractivity contribution in [3.63, 3.8) is 0 Å². The third kappa shape index (κ3) is 1.43. The van der Waals surface area contributed by atoms with Crippen molar-refractivity contribution in [3.05, 3.63) is 35.9 Å². The number of halogens is 2. The van der Waals surface area contributed by atoms with Gasteiger partial charge in [0, 0.05) is 19.2 Å². The lowest BCUT2D eigenvalue weighted by molar-refractivity contribution is 0.583. The first-order valence-electron chi connectivity index (χ1n) is 4.33. The average Bonchev–Trinajstić information content (AvgIpc) is 2.54. The topological polar surface area (TPSA) is 29.3 Å². The van der Waals surface area contributed by atoms with Gasteiger partial charge < -0.3 is 10.6 Å². The molecule has 0 amide bonds. The number of hydrogen-bond acceptors (Lipinski definition) is 2. The Hall–Kier alpha value is -1.58. The van der Waals surface area contributed by atoms with E-state index < -0.39 is 11.6 Å². The molecule has 0 unspecified atom stereocenters. The molecule has 0 aliphatic carbocycles. The lowest BCUT2D eigenvalue weighted by Gasteiger charge is -2.20. The zero-order chi connectivity index (χ0) is 10.1. The maximum atomic E-state index is 13.4. The Balaban J connectivity index is 2.41. The van der Waals surface area contributed by atoms with Crippen LogP contribution in [0.15, 0.2) is 24.3 Å². The molecular formula is C10H10F2N2. The molecule has 14 heavy (non-hydrogen) atoms. The highest BCUT2D eigenvalue weighted by molar-refractivity contribution is 5.69. The van der Waals surface area contributed by atoms with Crippen LogP contribution in [0.4, 0.5) is 20.2 Å². The van der Waals surface area contributed by atoms with E-state index in [1.807, 2.05) is 12.2 Å². The van der Waals surface area contributed by atoms with E-state index >= 15 is 0 Å². The van der Waals surface area contributed by atoms with Gasteiger partial charge in [0.25, 0.3) is 0 Å².